The maximum atomic E-state index is 12.4. The van der Waals surface area contributed by atoms with Crippen LogP contribution in [0.1, 0.15) is 5.56 Å². The Labute approximate surface area is 140 Å². The summed E-state index contributed by atoms with van der Waals surface area (Å²) in [5, 5.41) is 9.55. The molecular formula is C13H10BrCl2NO3S. The summed E-state index contributed by atoms with van der Waals surface area (Å²) in [7, 11) is -3.87. The minimum Gasteiger partial charge on any atom is -0.392 e. The van der Waals surface area contributed by atoms with E-state index in [1.54, 1.807) is 18.2 Å². The Kier molecular flexibility index (Phi) is 5.16. The second-order valence-corrected chi connectivity index (χ2v) is 7.48. The van der Waals surface area contributed by atoms with Gasteiger partial charge >= 0.3 is 0 Å². The first kappa shape index (κ1) is 16.6. The molecule has 0 radical (unpaired) electrons. The van der Waals surface area contributed by atoms with Crippen LogP contribution in [0.4, 0.5) is 5.69 Å². The average Bonchev–Trinajstić information content (AvgIpc) is 2.43. The van der Waals surface area contributed by atoms with Crippen LogP contribution in [0.5, 0.6) is 0 Å². The maximum Gasteiger partial charge on any atom is 0.263 e. The second-order valence-electron chi connectivity index (χ2n) is 4.16. The molecule has 0 heterocycles. The van der Waals surface area contributed by atoms with E-state index in [4.69, 9.17) is 28.3 Å². The fourth-order valence-corrected chi connectivity index (χ4v) is 3.65. The molecule has 8 heteroatoms. The SMILES string of the molecule is O=S(=O)(Nc1ccc(Br)c(Cl)c1)c1cc(CO)ccc1Cl. The molecule has 0 aliphatic carbocycles. The van der Waals surface area contributed by atoms with Crippen LogP contribution in [-0.4, -0.2) is 13.5 Å². The molecule has 2 rings (SSSR count). The highest BCUT2D eigenvalue weighted by Crippen LogP contribution is 2.29. The van der Waals surface area contributed by atoms with Crippen LogP contribution < -0.4 is 4.72 Å². The van der Waals surface area contributed by atoms with Crippen LogP contribution in [0.2, 0.25) is 10.0 Å². The number of benzene rings is 2. The summed E-state index contributed by atoms with van der Waals surface area (Å²) in [6.45, 7) is -0.274. The molecule has 0 aromatic heterocycles. The highest BCUT2D eigenvalue weighted by Gasteiger charge is 2.19. The van der Waals surface area contributed by atoms with Crippen molar-refractivity contribution in [1.82, 2.24) is 0 Å². The van der Waals surface area contributed by atoms with Gasteiger partial charge in [-0.1, -0.05) is 29.3 Å². The highest BCUT2D eigenvalue weighted by molar-refractivity contribution is 9.10. The summed E-state index contributed by atoms with van der Waals surface area (Å²) < 4.78 is 27.8. The van der Waals surface area contributed by atoms with Crippen LogP contribution in [0.3, 0.4) is 0 Å². The van der Waals surface area contributed by atoms with E-state index in [9.17, 15) is 8.42 Å². The maximum absolute atomic E-state index is 12.4. The minimum absolute atomic E-state index is 0.0721. The molecule has 0 amide bonds. The molecule has 2 N–H and O–H groups in total. The minimum atomic E-state index is -3.87. The number of rotatable bonds is 4. The molecule has 0 saturated heterocycles. The van der Waals surface area contributed by atoms with Gasteiger partial charge in [-0.15, -0.1) is 0 Å². The Bertz CT molecular complexity index is 781. The topological polar surface area (TPSA) is 66.4 Å². The highest BCUT2D eigenvalue weighted by atomic mass is 79.9. The van der Waals surface area contributed by atoms with Gasteiger partial charge in [0.1, 0.15) is 4.90 Å². The molecule has 112 valence electrons. The predicted octanol–water partition coefficient (Wildman–Crippen LogP) is 4.05. The number of nitrogens with one attached hydrogen (secondary N) is 1. The summed E-state index contributed by atoms with van der Waals surface area (Å²) in [4.78, 5) is -0.102. The van der Waals surface area contributed by atoms with Gasteiger partial charge in [0, 0.05) is 4.47 Å². The first-order chi connectivity index (χ1) is 9.83. The van der Waals surface area contributed by atoms with Crippen molar-refractivity contribution in [3.05, 3.63) is 56.5 Å². The standard InChI is InChI=1S/C13H10BrCl2NO3S/c14-10-3-2-9(6-12(10)16)17-21(19,20)13-5-8(7-18)1-4-11(13)15/h1-6,17-18H,7H2. The third-order valence-corrected chi connectivity index (χ3v) is 5.73. The smallest absolute Gasteiger partial charge is 0.263 e. The van der Waals surface area contributed by atoms with Crippen molar-refractivity contribution in [2.24, 2.45) is 0 Å². The summed E-state index contributed by atoms with van der Waals surface area (Å²) in [6.07, 6.45) is 0. The quantitative estimate of drug-likeness (QED) is 0.798. The van der Waals surface area contributed by atoms with Gasteiger partial charge in [0.2, 0.25) is 0 Å². The van der Waals surface area contributed by atoms with Crippen molar-refractivity contribution in [1.29, 1.82) is 0 Å². The first-order valence-electron chi connectivity index (χ1n) is 5.70. The molecule has 0 saturated carbocycles. The zero-order valence-corrected chi connectivity index (χ0v) is 14.4. The Morgan fingerprint density at radius 3 is 2.43 bits per heavy atom. The zero-order valence-electron chi connectivity index (χ0n) is 10.5. The van der Waals surface area contributed by atoms with E-state index in [1.165, 1.54) is 18.2 Å². The molecule has 0 aliphatic rings. The molecule has 0 unspecified atom stereocenters. The molecule has 21 heavy (non-hydrogen) atoms. The van der Waals surface area contributed by atoms with Gasteiger partial charge in [-0.2, -0.15) is 0 Å². The second kappa shape index (κ2) is 6.54. The van der Waals surface area contributed by atoms with Crippen LogP contribution in [-0.2, 0) is 16.6 Å². The van der Waals surface area contributed by atoms with Crippen molar-refractivity contribution in [3.8, 4) is 0 Å². The lowest BCUT2D eigenvalue weighted by atomic mass is 10.2. The third kappa shape index (κ3) is 3.90. The van der Waals surface area contributed by atoms with Crippen molar-refractivity contribution in [3.63, 3.8) is 0 Å². The van der Waals surface area contributed by atoms with Crippen molar-refractivity contribution >= 4 is 54.8 Å². The lowest BCUT2D eigenvalue weighted by Crippen LogP contribution is -2.14. The van der Waals surface area contributed by atoms with Gasteiger partial charge in [-0.3, -0.25) is 4.72 Å². The van der Waals surface area contributed by atoms with Crippen LogP contribution in [0.25, 0.3) is 0 Å². The van der Waals surface area contributed by atoms with Crippen LogP contribution >= 0.6 is 39.1 Å². The van der Waals surface area contributed by atoms with E-state index in [0.29, 0.717) is 20.7 Å². The molecule has 0 aliphatic heterocycles. The van der Waals surface area contributed by atoms with E-state index in [0.717, 1.165) is 0 Å². The molecule has 0 atom stereocenters. The fourth-order valence-electron chi connectivity index (χ4n) is 1.62. The lowest BCUT2D eigenvalue weighted by molar-refractivity contribution is 0.281. The monoisotopic (exact) mass is 409 g/mol. The van der Waals surface area contributed by atoms with Crippen LogP contribution in [0.15, 0.2) is 45.8 Å². The fraction of sp³-hybridized carbons (Fsp3) is 0.0769. The first-order valence-corrected chi connectivity index (χ1v) is 8.74. The van der Waals surface area contributed by atoms with Crippen LogP contribution in [0, 0.1) is 0 Å². The number of hydrogen-bond donors (Lipinski definition) is 2. The van der Waals surface area contributed by atoms with Gasteiger partial charge in [-0.05, 0) is 51.8 Å². The number of aliphatic hydroxyl groups is 1. The summed E-state index contributed by atoms with van der Waals surface area (Å²) >= 11 is 15.1. The van der Waals surface area contributed by atoms with E-state index >= 15 is 0 Å². The number of halogens is 3. The lowest BCUT2D eigenvalue weighted by Gasteiger charge is -2.11. The van der Waals surface area contributed by atoms with E-state index in [2.05, 4.69) is 20.7 Å². The Morgan fingerprint density at radius 1 is 1.10 bits per heavy atom. The van der Waals surface area contributed by atoms with Crippen molar-refractivity contribution < 1.29 is 13.5 Å². The normalized spacial score (nSPS) is 11.4. The number of aliphatic hydroxyl groups excluding tert-OH is 1. The van der Waals surface area contributed by atoms with E-state index in [1.807, 2.05) is 0 Å². The molecule has 4 nitrogen and oxygen atoms in total. The predicted molar refractivity (Wildman–Crippen MR) is 87.3 cm³/mol. The van der Waals surface area contributed by atoms with Gasteiger partial charge in [0.15, 0.2) is 0 Å². The molecule has 2 aromatic carbocycles. The molecule has 0 spiro atoms. The summed E-state index contributed by atoms with van der Waals surface area (Å²) in [5.41, 5.74) is 0.766. The Balaban J connectivity index is 2.40. The molecule has 0 fully saturated rings. The number of anilines is 1. The molecular weight excluding hydrogens is 401 g/mol. The average molecular weight is 411 g/mol. The zero-order chi connectivity index (χ0) is 15.6. The molecule has 2 aromatic rings. The third-order valence-electron chi connectivity index (χ3n) is 2.64. The number of sulfonamides is 1. The van der Waals surface area contributed by atoms with Gasteiger partial charge in [0.25, 0.3) is 10.0 Å². The van der Waals surface area contributed by atoms with Crippen molar-refractivity contribution in [2.45, 2.75) is 11.5 Å². The van der Waals surface area contributed by atoms with Gasteiger partial charge in [-0.25, -0.2) is 8.42 Å². The Morgan fingerprint density at radius 2 is 1.81 bits per heavy atom. The largest absolute Gasteiger partial charge is 0.392 e. The summed E-state index contributed by atoms with van der Waals surface area (Å²) in [6, 6.07) is 8.98. The Hall–Kier alpha value is -0.790. The van der Waals surface area contributed by atoms with Gasteiger partial charge in [0.05, 0.1) is 22.3 Å². The van der Waals surface area contributed by atoms with E-state index < -0.39 is 10.0 Å². The summed E-state index contributed by atoms with van der Waals surface area (Å²) in [5.74, 6) is 0. The number of hydrogen-bond acceptors (Lipinski definition) is 3. The molecule has 0 bridgehead atoms. The van der Waals surface area contributed by atoms with E-state index in [-0.39, 0.29) is 16.5 Å². The van der Waals surface area contributed by atoms with Crippen molar-refractivity contribution in [2.75, 3.05) is 4.72 Å². The van der Waals surface area contributed by atoms with Gasteiger partial charge < -0.3 is 5.11 Å².